The predicted octanol–water partition coefficient (Wildman–Crippen LogP) is 1.62. The largest absolute Gasteiger partial charge is 0.396 e. The number of carbonyl (C=O) groups is 1. The van der Waals surface area contributed by atoms with Crippen LogP contribution < -0.4 is 0 Å². The molecular formula is C10H14F2O2. The molecule has 2 aliphatic carbocycles. The molecule has 0 spiro atoms. The van der Waals surface area contributed by atoms with Crippen LogP contribution in [0.1, 0.15) is 25.7 Å². The molecule has 2 rings (SSSR count). The van der Waals surface area contributed by atoms with Gasteiger partial charge < -0.3 is 5.11 Å². The molecule has 0 aliphatic heterocycles. The Hall–Kier alpha value is -0.510. The van der Waals surface area contributed by atoms with Crippen molar-refractivity contribution >= 4 is 5.78 Å². The number of fused-ring (bicyclic) bond motifs is 1. The number of carbonyl (C=O) groups excluding carboxylic acids is 1. The van der Waals surface area contributed by atoms with Gasteiger partial charge in [0.2, 0.25) is 5.92 Å². The average Bonchev–Trinajstić information content (AvgIpc) is 2.37. The van der Waals surface area contributed by atoms with Crippen LogP contribution in [0.3, 0.4) is 0 Å². The molecule has 0 radical (unpaired) electrons. The highest BCUT2D eigenvalue weighted by Gasteiger charge is 2.50. The number of aliphatic hydroxyl groups is 1. The Morgan fingerprint density at radius 3 is 2.86 bits per heavy atom. The second-order valence-corrected chi connectivity index (χ2v) is 4.48. The number of rotatable bonds is 1. The summed E-state index contributed by atoms with van der Waals surface area (Å²) in [5.74, 6) is -3.17. The van der Waals surface area contributed by atoms with E-state index in [9.17, 15) is 13.6 Å². The monoisotopic (exact) mass is 204 g/mol. The van der Waals surface area contributed by atoms with E-state index in [1.165, 1.54) is 0 Å². The first kappa shape index (κ1) is 10.0. The van der Waals surface area contributed by atoms with Gasteiger partial charge in [0.25, 0.3) is 0 Å². The standard InChI is InChI=1S/C10H14F2O2/c11-10(12)2-1-7-6(4-10)3-9(14)8(7)5-13/h6-8,13H,1-5H2/t6-,7-,8-/m1/s1. The number of ketones is 1. The third-order valence-electron chi connectivity index (χ3n) is 3.60. The Labute approximate surface area is 81.3 Å². The smallest absolute Gasteiger partial charge is 0.248 e. The fourth-order valence-electron chi connectivity index (χ4n) is 2.89. The third-order valence-corrected chi connectivity index (χ3v) is 3.60. The highest BCUT2D eigenvalue weighted by molar-refractivity contribution is 5.84. The van der Waals surface area contributed by atoms with Crippen molar-refractivity contribution in [1.82, 2.24) is 0 Å². The molecule has 80 valence electrons. The van der Waals surface area contributed by atoms with E-state index in [4.69, 9.17) is 5.11 Å². The summed E-state index contributed by atoms with van der Waals surface area (Å²) in [5.41, 5.74) is 0. The van der Waals surface area contributed by atoms with Crippen LogP contribution in [0.25, 0.3) is 0 Å². The van der Waals surface area contributed by atoms with E-state index in [-0.39, 0.29) is 49.4 Å². The zero-order valence-electron chi connectivity index (χ0n) is 7.88. The molecule has 1 N–H and O–H groups in total. The van der Waals surface area contributed by atoms with Crippen LogP contribution in [0.15, 0.2) is 0 Å². The second-order valence-electron chi connectivity index (χ2n) is 4.48. The van der Waals surface area contributed by atoms with Gasteiger partial charge in [0.05, 0.1) is 6.61 Å². The Morgan fingerprint density at radius 1 is 1.50 bits per heavy atom. The van der Waals surface area contributed by atoms with Crippen LogP contribution in [0.4, 0.5) is 8.78 Å². The summed E-state index contributed by atoms with van der Waals surface area (Å²) < 4.78 is 26.1. The fourth-order valence-corrected chi connectivity index (χ4v) is 2.89. The number of hydrogen-bond donors (Lipinski definition) is 1. The van der Waals surface area contributed by atoms with Gasteiger partial charge in [-0.05, 0) is 18.3 Å². The molecule has 2 nitrogen and oxygen atoms in total. The summed E-state index contributed by atoms with van der Waals surface area (Å²) in [6, 6.07) is 0. The number of alkyl halides is 2. The summed E-state index contributed by atoms with van der Waals surface area (Å²) in [6.07, 6.45) is 0.331. The van der Waals surface area contributed by atoms with Crippen LogP contribution in [-0.2, 0) is 4.79 Å². The van der Waals surface area contributed by atoms with Crippen molar-refractivity contribution in [1.29, 1.82) is 0 Å². The van der Waals surface area contributed by atoms with Gasteiger partial charge in [-0.3, -0.25) is 4.79 Å². The van der Waals surface area contributed by atoms with Crippen molar-refractivity contribution in [3.05, 3.63) is 0 Å². The molecule has 0 aromatic heterocycles. The van der Waals surface area contributed by atoms with Crippen molar-refractivity contribution in [3.63, 3.8) is 0 Å². The average molecular weight is 204 g/mol. The predicted molar refractivity (Wildman–Crippen MR) is 46.0 cm³/mol. The van der Waals surface area contributed by atoms with Gasteiger partial charge in [-0.25, -0.2) is 8.78 Å². The minimum Gasteiger partial charge on any atom is -0.396 e. The molecule has 0 heterocycles. The number of halogens is 2. The molecule has 14 heavy (non-hydrogen) atoms. The maximum absolute atomic E-state index is 13.0. The number of Topliss-reactive ketones (excluding diaryl/α,β-unsaturated/α-hetero) is 1. The van der Waals surface area contributed by atoms with Gasteiger partial charge in [0, 0.05) is 25.2 Å². The summed E-state index contributed by atoms with van der Waals surface area (Å²) in [4.78, 5) is 11.4. The molecule has 0 aromatic rings. The van der Waals surface area contributed by atoms with Gasteiger partial charge in [-0.15, -0.1) is 0 Å². The molecular weight excluding hydrogens is 190 g/mol. The molecule has 2 saturated carbocycles. The van der Waals surface area contributed by atoms with Crippen LogP contribution in [0.2, 0.25) is 0 Å². The van der Waals surface area contributed by atoms with Gasteiger partial charge in [-0.1, -0.05) is 0 Å². The number of aliphatic hydroxyl groups excluding tert-OH is 1. The lowest BCUT2D eigenvalue weighted by atomic mass is 9.76. The summed E-state index contributed by atoms with van der Waals surface area (Å²) in [7, 11) is 0. The van der Waals surface area contributed by atoms with E-state index in [1.807, 2.05) is 0 Å². The first-order valence-corrected chi connectivity index (χ1v) is 5.05. The maximum Gasteiger partial charge on any atom is 0.248 e. The zero-order valence-corrected chi connectivity index (χ0v) is 7.88. The highest BCUT2D eigenvalue weighted by Crippen LogP contribution is 2.48. The van der Waals surface area contributed by atoms with E-state index < -0.39 is 5.92 Å². The fraction of sp³-hybridized carbons (Fsp3) is 0.900. The van der Waals surface area contributed by atoms with E-state index >= 15 is 0 Å². The number of hydrogen-bond acceptors (Lipinski definition) is 2. The minimum atomic E-state index is -2.59. The Kier molecular flexibility index (Phi) is 2.33. The van der Waals surface area contributed by atoms with E-state index in [1.54, 1.807) is 0 Å². The molecule has 0 aromatic carbocycles. The SMILES string of the molecule is O=C1C[C@@H]2CC(F)(F)CC[C@H]2[C@H]1CO. The van der Waals surface area contributed by atoms with Gasteiger partial charge in [0.15, 0.2) is 0 Å². The van der Waals surface area contributed by atoms with Crippen LogP contribution in [-0.4, -0.2) is 23.4 Å². The molecule has 0 bridgehead atoms. The molecule has 2 aliphatic rings. The molecule has 0 amide bonds. The van der Waals surface area contributed by atoms with E-state index in [2.05, 4.69) is 0 Å². The Morgan fingerprint density at radius 2 is 2.21 bits per heavy atom. The van der Waals surface area contributed by atoms with Crippen LogP contribution >= 0.6 is 0 Å². The summed E-state index contributed by atoms with van der Waals surface area (Å²) >= 11 is 0. The summed E-state index contributed by atoms with van der Waals surface area (Å²) in [6.45, 7) is -0.175. The third kappa shape index (κ3) is 1.56. The molecule has 4 heteroatoms. The zero-order chi connectivity index (χ0) is 10.3. The maximum atomic E-state index is 13.0. The summed E-state index contributed by atoms with van der Waals surface area (Å²) in [5, 5.41) is 9.00. The van der Waals surface area contributed by atoms with Crippen molar-refractivity contribution in [2.24, 2.45) is 17.8 Å². The normalized spacial score (nSPS) is 41.1. The van der Waals surface area contributed by atoms with Crippen LogP contribution in [0.5, 0.6) is 0 Å². The van der Waals surface area contributed by atoms with E-state index in [0.717, 1.165) is 0 Å². The van der Waals surface area contributed by atoms with Gasteiger partial charge in [0.1, 0.15) is 5.78 Å². The lowest BCUT2D eigenvalue weighted by Crippen LogP contribution is -2.32. The lowest BCUT2D eigenvalue weighted by molar-refractivity contribution is -0.122. The molecule has 3 atom stereocenters. The lowest BCUT2D eigenvalue weighted by Gasteiger charge is -2.32. The highest BCUT2D eigenvalue weighted by atomic mass is 19.3. The Bertz CT molecular complexity index is 253. The molecule has 0 saturated heterocycles. The van der Waals surface area contributed by atoms with Crippen LogP contribution in [0, 0.1) is 17.8 Å². The van der Waals surface area contributed by atoms with Crippen molar-refractivity contribution in [3.8, 4) is 0 Å². The van der Waals surface area contributed by atoms with Crippen molar-refractivity contribution in [2.75, 3.05) is 6.61 Å². The van der Waals surface area contributed by atoms with Crippen molar-refractivity contribution < 1.29 is 18.7 Å². The quantitative estimate of drug-likeness (QED) is 0.704. The topological polar surface area (TPSA) is 37.3 Å². The first-order valence-electron chi connectivity index (χ1n) is 5.05. The second kappa shape index (κ2) is 3.26. The molecule has 0 unspecified atom stereocenters. The minimum absolute atomic E-state index is 0.00660. The van der Waals surface area contributed by atoms with Crippen molar-refractivity contribution in [2.45, 2.75) is 31.6 Å². The van der Waals surface area contributed by atoms with Gasteiger partial charge >= 0.3 is 0 Å². The first-order chi connectivity index (χ1) is 6.53. The molecule has 2 fully saturated rings. The Balaban J connectivity index is 2.11. The van der Waals surface area contributed by atoms with Gasteiger partial charge in [-0.2, -0.15) is 0 Å². The van der Waals surface area contributed by atoms with E-state index in [0.29, 0.717) is 6.42 Å².